The number of hydrogen-bond acceptors (Lipinski definition) is 2. The third-order valence-corrected chi connectivity index (χ3v) is 3.38. The van der Waals surface area contributed by atoms with Crippen LogP contribution in [0.25, 0.3) is 0 Å². The van der Waals surface area contributed by atoms with E-state index in [0.717, 1.165) is 5.56 Å². The van der Waals surface area contributed by atoms with Crippen LogP contribution in [-0.4, -0.2) is 17.0 Å². The summed E-state index contributed by atoms with van der Waals surface area (Å²) in [6.07, 6.45) is -0.540. The van der Waals surface area contributed by atoms with Crippen molar-refractivity contribution in [1.29, 1.82) is 0 Å². The highest BCUT2D eigenvalue weighted by Crippen LogP contribution is 2.27. The van der Waals surface area contributed by atoms with Crippen LogP contribution in [0, 0.1) is 5.82 Å². The number of ether oxygens (including phenoxy) is 1. The number of carbonyl (C=O) groups excluding carboxylic acids is 1. The van der Waals surface area contributed by atoms with Crippen LogP contribution >= 0.6 is 15.9 Å². The zero-order chi connectivity index (χ0) is 14.6. The highest BCUT2D eigenvalue weighted by Gasteiger charge is 2.18. The van der Waals surface area contributed by atoms with Crippen molar-refractivity contribution >= 4 is 27.7 Å². The summed E-state index contributed by atoms with van der Waals surface area (Å²) in [5.41, 5.74) is 0.746. The fraction of sp³-hybridized carbons (Fsp3) is 0.500. The number of nitrogens with one attached hydrogen (secondary N) is 1. The van der Waals surface area contributed by atoms with Crippen molar-refractivity contribution < 1.29 is 13.9 Å². The zero-order valence-electron chi connectivity index (χ0n) is 11.6. The molecule has 0 aliphatic rings. The van der Waals surface area contributed by atoms with Crippen molar-refractivity contribution in [2.75, 3.05) is 10.6 Å². The van der Waals surface area contributed by atoms with Crippen LogP contribution in [0.2, 0.25) is 0 Å². The first-order valence-electron chi connectivity index (χ1n) is 6.08. The minimum atomic E-state index is -0.564. The van der Waals surface area contributed by atoms with Crippen molar-refractivity contribution in [3.8, 4) is 0 Å². The predicted molar refractivity (Wildman–Crippen MR) is 78.5 cm³/mol. The predicted octanol–water partition coefficient (Wildman–Crippen LogP) is 4.67. The fourth-order valence-electron chi connectivity index (χ4n) is 1.55. The molecule has 5 heteroatoms. The summed E-state index contributed by atoms with van der Waals surface area (Å²) in [5.74, 6) is -0.238. The Morgan fingerprint density at radius 1 is 1.47 bits per heavy atom. The number of carbonyl (C=O) groups is 1. The second kappa shape index (κ2) is 6.37. The highest BCUT2D eigenvalue weighted by atomic mass is 79.9. The van der Waals surface area contributed by atoms with Gasteiger partial charge in [0.05, 0.1) is 0 Å². The molecule has 1 aromatic carbocycles. The molecule has 0 saturated carbocycles. The van der Waals surface area contributed by atoms with Gasteiger partial charge >= 0.3 is 6.09 Å². The molecule has 1 amide bonds. The van der Waals surface area contributed by atoms with Gasteiger partial charge in [-0.25, -0.2) is 9.18 Å². The Balaban J connectivity index is 2.91. The summed E-state index contributed by atoms with van der Waals surface area (Å²) in [7, 11) is 0. The molecule has 0 aliphatic carbocycles. The highest BCUT2D eigenvalue weighted by molar-refractivity contribution is 9.09. The molecular weight excluding hydrogens is 313 g/mol. The molecule has 1 rings (SSSR count). The lowest BCUT2D eigenvalue weighted by Gasteiger charge is -2.21. The van der Waals surface area contributed by atoms with Gasteiger partial charge in [-0.1, -0.05) is 22.9 Å². The normalized spacial score (nSPS) is 12.9. The maximum atomic E-state index is 13.3. The van der Waals surface area contributed by atoms with E-state index in [1.807, 2.05) is 6.92 Å². The Kier molecular flexibility index (Phi) is 5.35. The summed E-state index contributed by atoms with van der Waals surface area (Å²) in [4.78, 5) is 11.7. The first kappa shape index (κ1) is 16.0. The average Bonchev–Trinajstić information content (AvgIpc) is 2.28. The van der Waals surface area contributed by atoms with E-state index in [1.54, 1.807) is 26.8 Å². The molecule has 1 N–H and O–H groups in total. The van der Waals surface area contributed by atoms with E-state index in [2.05, 4.69) is 21.2 Å². The van der Waals surface area contributed by atoms with E-state index in [9.17, 15) is 9.18 Å². The maximum Gasteiger partial charge on any atom is 0.412 e. The van der Waals surface area contributed by atoms with Crippen LogP contribution in [0.5, 0.6) is 0 Å². The molecular formula is C14H19BrFNO2. The van der Waals surface area contributed by atoms with Gasteiger partial charge in [0.1, 0.15) is 11.4 Å². The minimum absolute atomic E-state index is 0.0839. The summed E-state index contributed by atoms with van der Waals surface area (Å²) in [6.45, 7) is 7.32. The van der Waals surface area contributed by atoms with Crippen molar-refractivity contribution in [2.45, 2.75) is 39.2 Å². The monoisotopic (exact) mass is 331 g/mol. The summed E-state index contributed by atoms with van der Waals surface area (Å²) in [5, 5.41) is 3.34. The number of rotatable bonds is 3. The molecule has 1 atom stereocenters. The first-order valence-corrected chi connectivity index (χ1v) is 7.20. The SMILES string of the molecule is CC(CBr)c1cc(F)ccc1NC(=O)OC(C)(C)C. The van der Waals surface area contributed by atoms with Gasteiger partial charge in [0.25, 0.3) is 0 Å². The number of anilines is 1. The molecule has 0 aliphatic heterocycles. The van der Waals surface area contributed by atoms with E-state index in [0.29, 0.717) is 11.0 Å². The van der Waals surface area contributed by atoms with Gasteiger partial charge in [-0.3, -0.25) is 5.32 Å². The molecule has 1 unspecified atom stereocenters. The Hall–Kier alpha value is -1.10. The van der Waals surface area contributed by atoms with Crippen LogP contribution in [0.3, 0.4) is 0 Å². The van der Waals surface area contributed by atoms with Gasteiger partial charge in [-0.2, -0.15) is 0 Å². The maximum absolute atomic E-state index is 13.3. The van der Waals surface area contributed by atoms with Gasteiger partial charge in [0.15, 0.2) is 0 Å². The number of alkyl halides is 1. The van der Waals surface area contributed by atoms with Crippen LogP contribution in [-0.2, 0) is 4.74 Å². The van der Waals surface area contributed by atoms with E-state index < -0.39 is 11.7 Å². The van der Waals surface area contributed by atoms with Gasteiger partial charge in [0.2, 0.25) is 0 Å². The third kappa shape index (κ3) is 5.19. The lowest BCUT2D eigenvalue weighted by atomic mass is 10.0. The van der Waals surface area contributed by atoms with Gasteiger partial charge in [0, 0.05) is 11.0 Å². The molecule has 106 valence electrons. The molecule has 0 aromatic heterocycles. The van der Waals surface area contributed by atoms with Crippen molar-refractivity contribution in [3.63, 3.8) is 0 Å². The van der Waals surface area contributed by atoms with Crippen LogP contribution in [0.15, 0.2) is 18.2 Å². The first-order chi connectivity index (χ1) is 8.73. The van der Waals surface area contributed by atoms with Crippen molar-refractivity contribution in [2.24, 2.45) is 0 Å². The molecule has 3 nitrogen and oxygen atoms in total. The summed E-state index contributed by atoms with van der Waals surface area (Å²) in [6, 6.07) is 4.30. The Bertz CT molecular complexity index is 457. The van der Waals surface area contributed by atoms with E-state index in [1.165, 1.54) is 12.1 Å². The molecule has 0 radical (unpaired) electrons. The molecule has 0 bridgehead atoms. The van der Waals surface area contributed by atoms with Crippen LogP contribution < -0.4 is 5.32 Å². The summed E-state index contributed by atoms with van der Waals surface area (Å²) < 4.78 is 18.5. The van der Waals surface area contributed by atoms with E-state index >= 15 is 0 Å². The van der Waals surface area contributed by atoms with Gasteiger partial charge < -0.3 is 4.74 Å². The number of hydrogen-bond donors (Lipinski definition) is 1. The third-order valence-electron chi connectivity index (χ3n) is 2.41. The average molecular weight is 332 g/mol. The lowest BCUT2D eigenvalue weighted by Crippen LogP contribution is -2.27. The van der Waals surface area contributed by atoms with Crippen molar-refractivity contribution in [3.05, 3.63) is 29.6 Å². The quantitative estimate of drug-likeness (QED) is 0.817. The topological polar surface area (TPSA) is 38.3 Å². The Morgan fingerprint density at radius 2 is 2.11 bits per heavy atom. The Morgan fingerprint density at radius 3 is 2.63 bits per heavy atom. The second-order valence-corrected chi connectivity index (χ2v) is 6.06. The van der Waals surface area contributed by atoms with E-state index in [4.69, 9.17) is 4.74 Å². The summed E-state index contributed by atoms with van der Waals surface area (Å²) >= 11 is 3.36. The number of benzene rings is 1. The minimum Gasteiger partial charge on any atom is -0.444 e. The second-order valence-electron chi connectivity index (χ2n) is 5.41. The molecule has 0 spiro atoms. The van der Waals surface area contributed by atoms with Gasteiger partial charge in [-0.15, -0.1) is 0 Å². The zero-order valence-corrected chi connectivity index (χ0v) is 13.2. The van der Waals surface area contributed by atoms with Crippen molar-refractivity contribution in [1.82, 2.24) is 0 Å². The van der Waals surface area contributed by atoms with E-state index in [-0.39, 0.29) is 11.7 Å². The smallest absolute Gasteiger partial charge is 0.412 e. The number of amides is 1. The molecule has 0 heterocycles. The molecule has 0 saturated heterocycles. The standard InChI is InChI=1S/C14H19BrFNO2/c1-9(8-15)11-7-10(16)5-6-12(11)17-13(18)19-14(2,3)4/h5-7,9H,8H2,1-4H3,(H,17,18). The van der Waals surface area contributed by atoms with Crippen LogP contribution in [0.4, 0.5) is 14.9 Å². The largest absolute Gasteiger partial charge is 0.444 e. The fourth-order valence-corrected chi connectivity index (χ4v) is 1.90. The van der Waals surface area contributed by atoms with Gasteiger partial charge in [-0.05, 0) is 50.5 Å². The lowest BCUT2D eigenvalue weighted by molar-refractivity contribution is 0.0635. The molecule has 0 fully saturated rings. The van der Waals surface area contributed by atoms with Crippen LogP contribution in [0.1, 0.15) is 39.2 Å². The molecule has 1 aromatic rings. The molecule has 19 heavy (non-hydrogen) atoms. The Labute approximate surface area is 121 Å². The number of halogens is 2.